The Morgan fingerprint density at radius 1 is 1.13 bits per heavy atom. The Kier molecular flexibility index (Phi) is 4.52. The van der Waals surface area contributed by atoms with Gasteiger partial charge in [0.1, 0.15) is 0 Å². The molecule has 9 nitrogen and oxygen atoms in total. The van der Waals surface area contributed by atoms with Crippen molar-refractivity contribution in [3.63, 3.8) is 0 Å². The molecule has 6 rings (SSSR count). The lowest BCUT2D eigenvalue weighted by Crippen LogP contribution is -2.75. The normalized spacial score (nSPS) is 41.5. The Morgan fingerprint density at radius 3 is 2.52 bits per heavy atom. The fourth-order valence-corrected chi connectivity index (χ4v) is 6.13. The number of nitro benzene ring substituents is 1. The van der Waals surface area contributed by atoms with Crippen molar-refractivity contribution in [1.29, 1.82) is 0 Å². The number of hydrogen-bond acceptors (Lipinski definition) is 7. The van der Waals surface area contributed by atoms with Crippen LogP contribution < -0.4 is 0 Å². The van der Waals surface area contributed by atoms with Crippen molar-refractivity contribution in [2.45, 2.75) is 64.1 Å². The largest absolute Gasteiger partial charge is 0.320 e. The number of non-ortho nitro benzene ring substituents is 1. The van der Waals surface area contributed by atoms with Crippen molar-refractivity contribution < 1.29 is 29.0 Å². The summed E-state index contributed by atoms with van der Waals surface area (Å²) >= 11 is 0. The lowest BCUT2D eigenvalue weighted by molar-refractivity contribution is -0.545. The van der Waals surface area contributed by atoms with Gasteiger partial charge < -0.3 is 4.74 Å². The highest BCUT2D eigenvalue weighted by Gasteiger charge is 2.71. The maximum absolute atomic E-state index is 13.5. The number of carbonyl (C=O) groups is 2. The standard InChI is InChI=1S/C22H26N2O7/c1-12-4-9-17-13(2)18(25)23(19(26)14-5-7-15(8-6-14)24(27)28)20-22(17)16(12)10-11-21(3,29-20)30-31-22/h5-8,12-13,16-17,20H,4,9-11H2,1-3H3/t12-,13-,16+,17+,20-,21+,22-/m1/s1. The quantitative estimate of drug-likeness (QED) is 0.306. The van der Waals surface area contributed by atoms with Gasteiger partial charge in [-0.3, -0.25) is 19.7 Å². The maximum Gasteiger partial charge on any atom is 0.269 e. The van der Waals surface area contributed by atoms with E-state index in [0.29, 0.717) is 12.3 Å². The van der Waals surface area contributed by atoms with Crippen molar-refractivity contribution in [2.75, 3.05) is 0 Å². The van der Waals surface area contributed by atoms with Crippen LogP contribution in [0.5, 0.6) is 0 Å². The van der Waals surface area contributed by atoms with E-state index in [0.717, 1.165) is 19.3 Å². The predicted octanol–water partition coefficient (Wildman–Crippen LogP) is 3.43. The number of rotatable bonds is 2. The molecule has 2 amide bonds. The van der Waals surface area contributed by atoms with Gasteiger partial charge in [0.25, 0.3) is 11.6 Å². The van der Waals surface area contributed by atoms with Gasteiger partial charge >= 0.3 is 0 Å². The van der Waals surface area contributed by atoms with Crippen LogP contribution in [0.2, 0.25) is 0 Å². The van der Waals surface area contributed by atoms with Crippen molar-refractivity contribution in [3.05, 3.63) is 39.9 Å². The van der Waals surface area contributed by atoms with Gasteiger partial charge in [0.2, 0.25) is 11.7 Å². The SMILES string of the molecule is C[C@@H]1CC[C@H]2[C@@H](C)C(=O)N(C(=O)c3ccc([N+](=O)[O-])cc3)[C@@H]3O[C@]4(C)CC[C@@H]1[C@@]23OO4. The molecule has 4 heterocycles. The van der Waals surface area contributed by atoms with Crippen LogP contribution in [-0.2, 0) is 19.3 Å². The number of carbonyl (C=O) groups excluding carboxylic acids is 2. The van der Waals surface area contributed by atoms with Gasteiger partial charge in [-0.1, -0.05) is 13.8 Å². The van der Waals surface area contributed by atoms with Crippen molar-refractivity contribution in [3.8, 4) is 0 Å². The Hall–Kier alpha value is -2.36. The molecule has 0 unspecified atom stereocenters. The van der Waals surface area contributed by atoms with Crippen LogP contribution in [0.4, 0.5) is 5.69 Å². The van der Waals surface area contributed by atoms with E-state index in [9.17, 15) is 19.7 Å². The first-order valence-electron chi connectivity index (χ1n) is 10.8. The number of likely N-dealkylation sites (tertiary alicyclic amines) is 1. The second-order valence-corrected chi connectivity index (χ2v) is 9.54. The molecule has 31 heavy (non-hydrogen) atoms. The van der Waals surface area contributed by atoms with Gasteiger partial charge in [-0.15, -0.1) is 0 Å². The van der Waals surface area contributed by atoms with E-state index < -0.39 is 34.4 Å². The van der Waals surface area contributed by atoms with Crippen molar-refractivity contribution in [2.24, 2.45) is 23.7 Å². The monoisotopic (exact) mass is 430 g/mol. The topological polar surface area (TPSA) is 108 Å². The molecule has 9 heteroatoms. The molecule has 4 saturated heterocycles. The van der Waals surface area contributed by atoms with Gasteiger partial charge in [-0.2, -0.15) is 0 Å². The first-order chi connectivity index (χ1) is 14.7. The molecule has 7 atom stereocenters. The summed E-state index contributed by atoms with van der Waals surface area (Å²) in [7, 11) is 0. The summed E-state index contributed by atoms with van der Waals surface area (Å²) in [6.07, 6.45) is 2.31. The molecule has 0 radical (unpaired) electrons. The summed E-state index contributed by atoms with van der Waals surface area (Å²) in [6.45, 7) is 5.79. The number of hydrogen-bond donors (Lipinski definition) is 0. The Bertz CT molecular complexity index is 950. The second-order valence-electron chi connectivity index (χ2n) is 9.54. The maximum atomic E-state index is 13.5. The van der Waals surface area contributed by atoms with E-state index in [1.807, 2.05) is 6.92 Å². The van der Waals surface area contributed by atoms with E-state index in [-0.39, 0.29) is 29.0 Å². The Labute approximate surface area is 179 Å². The third-order valence-corrected chi connectivity index (χ3v) is 7.81. The van der Waals surface area contributed by atoms with Crippen molar-refractivity contribution >= 4 is 17.5 Å². The van der Waals surface area contributed by atoms with Gasteiger partial charge in [0.05, 0.1) is 4.92 Å². The zero-order chi connectivity index (χ0) is 22.1. The van der Waals surface area contributed by atoms with Gasteiger partial charge in [-0.25, -0.2) is 14.7 Å². The van der Waals surface area contributed by atoms with Gasteiger partial charge in [0.15, 0.2) is 11.8 Å². The number of nitrogens with zero attached hydrogens (tertiary/aromatic N) is 2. The Morgan fingerprint density at radius 2 is 1.84 bits per heavy atom. The third kappa shape index (κ3) is 2.79. The molecule has 0 aromatic heterocycles. The zero-order valence-electron chi connectivity index (χ0n) is 17.8. The molecule has 1 aliphatic carbocycles. The minimum absolute atomic E-state index is 0.0864. The molecular formula is C22H26N2O7. The molecule has 1 aromatic rings. The Balaban J connectivity index is 1.60. The summed E-state index contributed by atoms with van der Waals surface area (Å²) in [5.41, 5.74) is -0.850. The van der Waals surface area contributed by atoms with E-state index in [1.54, 1.807) is 6.92 Å². The molecule has 1 saturated carbocycles. The number of benzene rings is 1. The highest BCUT2D eigenvalue weighted by molar-refractivity contribution is 6.06. The minimum Gasteiger partial charge on any atom is -0.320 e. The minimum atomic E-state index is -1.05. The van der Waals surface area contributed by atoms with E-state index in [4.69, 9.17) is 14.5 Å². The number of nitro groups is 1. The molecule has 0 N–H and O–H groups in total. The highest BCUT2D eigenvalue weighted by atomic mass is 17.3. The van der Waals surface area contributed by atoms with E-state index >= 15 is 0 Å². The first-order valence-corrected chi connectivity index (χ1v) is 10.8. The molecule has 4 aliphatic heterocycles. The lowest BCUT2D eigenvalue weighted by atomic mass is 9.57. The van der Waals surface area contributed by atoms with Gasteiger partial charge in [-0.05, 0) is 50.2 Å². The molecule has 1 spiro atoms. The molecule has 2 bridgehead atoms. The number of imide groups is 1. The van der Waals surface area contributed by atoms with Crippen LogP contribution in [0, 0.1) is 33.8 Å². The summed E-state index contributed by atoms with van der Waals surface area (Å²) in [5, 5.41) is 11.0. The van der Waals surface area contributed by atoms with Crippen LogP contribution in [0.15, 0.2) is 24.3 Å². The highest BCUT2D eigenvalue weighted by Crippen LogP contribution is 2.60. The number of piperidine rings is 1. The third-order valence-electron chi connectivity index (χ3n) is 7.81. The molecular weight excluding hydrogens is 404 g/mol. The van der Waals surface area contributed by atoms with E-state index in [2.05, 4.69) is 6.92 Å². The second kappa shape index (κ2) is 6.82. The molecule has 1 aromatic carbocycles. The molecule has 5 fully saturated rings. The summed E-state index contributed by atoms with van der Waals surface area (Å²) in [6, 6.07) is 5.27. The predicted molar refractivity (Wildman–Crippen MR) is 106 cm³/mol. The average molecular weight is 430 g/mol. The first kappa shape index (κ1) is 20.5. The van der Waals surface area contributed by atoms with Crippen LogP contribution in [-0.4, -0.2) is 39.3 Å². The summed E-state index contributed by atoms with van der Waals surface area (Å²) in [5.74, 6) is -2.03. The van der Waals surface area contributed by atoms with Crippen LogP contribution in [0.25, 0.3) is 0 Å². The lowest BCUT2D eigenvalue weighted by Gasteiger charge is -2.61. The fourth-order valence-electron chi connectivity index (χ4n) is 6.13. The summed E-state index contributed by atoms with van der Waals surface area (Å²) < 4.78 is 6.34. The summed E-state index contributed by atoms with van der Waals surface area (Å²) in [4.78, 5) is 50.5. The number of amides is 2. The zero-order valence-corrected chi connectivity index (χ0v) is 17.8. The van der Waals surface area contributed by atoms with Crippen LogP contribution in [0.1, 0.15) is 56.8 Å². The van der Waals surface area contributed by atoms with Crippen molar-refractivity contribution in [1.82, 2.24) is 4.90 Å². The van der Waals surface area contributed by atoms with Crippen LogP contribution >= 0.6 is 0 Å². The average Bonchev–Trinajstić information content (AvgIpc) is 2.98. The molecule has 5 aliphatic rings. The van der Waals surface area contributed by atoms with E-state index in [1.165, 1.54) is 29.2 Å². The van der Waals surface area contributed by atoms with Gasteiger partial charge in [0, 0.05) is 36.0 Å². The number of fused-ring (bicyclic) bond motifs is 2. The fraction of sp³-hybridized carbons (Fsp3) is 0.636. The molecule has 166 valence electrons. The smallest absolute Gasteiger partial charge is 0.269 e. The number of ether oxygens (including phenoxy) is 1. The van der Waals surface area contributed by atoms with Crippen LogP contribution in [0.3, 0.4) is 0 Å².